The zero-order chi connectivity index (χ0) is 15.0. The van der Waals surface area contributed by atoms with Gasteiger partial charge in [-0.3, -0.25) is 0 Å². The lowest BCUT2D eigenvalue weighted by molar-refractivity contribution is 1.12. The first-order chi connectivity index (χ1) is 10.9. The van der Waals surface area contributed by atoms with Gasteiger partial charge in [-0.1, -0.05) is 36.4 Å². The molecule has 4 heteroatoms. The summed E-state index contributed by atoms with van der Waals surface area (Å²) in [4.78, 5) is 8.73. The molecule has 2 nitrogen and oxygen atoms in total. The van der Waals surface area contributed by atoms with Gasteiger partial charge in [0.2, 0.25) is 0 Å². The zero-order valence-electron chi connectivity index (χ0n) is 12.1. The number of pyridine rings is 2. The van der Waals surface area contributed by atoms with Crippen molar-refractivity contribution >= 4 is 23.5 Å². The highest BCUT2D eigenvalue weighted by molar-refractivity contribution is 7.98. The van der Waals surface area contributed by atoms with Crippen molar-refractivity contribution in [1.82, 2.24) is 9.97 Å². The third-order valence-electron chi connectivity index (χ3n) is 3.15. The molecule has 0 saturated heterocycles. The average Bonchev–Trinajstić information content (AvgIpc) is 2.61. The van der Waals surface area contributed by atoms with Crippen LogP contribution < -0.4 is 0 Å². The van der Waals surface area contributed by atoms with Crippen molar-refractivity contribution in [3.05, 3.63) is 84.2 Å². The Balaban J connectivity index is 1.65. The molecule has 110 valence electrons. The SMILES string of the molecule is c1ccc(SCc2ccccc2CSc2ccccn2)nc1. The fraction of sp³-hybridized carbons (Fsp3) is 0.111. The first kappa shape index (κ1) is 15.1. The smallest absolute Gasteiger partial charge is 0.0963 e. The van der Waals surface area contributed by atoms with E-state index in [9.17, 15) is 0 Å². The molecule has 3 aromatic rings. The van der Waals surface area contributed by atoms with Crippen LogP contribution in [0, 0.1) is 0 Å². The van der Waals surface area contributed by atoms with Gasteiger partial charge in [0, 0.05) is 23.9 Å². The second-order valence-electron chi connectivity index (χ2n) is 4.68. The number of aromatic nitrogens is 2. The molecule has 0 atom stereocenters. The maximum absolute atomic E-state index is 4.36. The van der Waals surface area contributed by atoms with Gasteiger partial charge in [0.1, 0.15) is 0 Å². The summed E-state index contributed by atoms with van der Waals surface area (Å²) in [6, 6.07) is 20.6. The van der Waals surface area contributed by atoms with Gasteiger partial charge in [-0.15, -0.1) is 23.5 Å². The highest BCUT2D eigenvalue weighted by Crippen LogP contribution is 2.27. The van der Waals surface area contributed by atoms with Crippen LogP contribution in [0.15, 0.2) is 83.1 Å². The third-order valence-corrected chi connectivity index (χ3v) is 5.13. The Kier molecular flexibility index (Phi) is 5.51. The predicted molar refractivity (Wildman–Crippen MR) is 94.0 cm³/mol. The molecule has 22 heavy (non-hydrogen) atoms. The molecule has 0 spiro atoms. The van der Waals surface area contributed by atoms with Crippen molar-refractivity contribution in [3.8, 4) is 0 Å². The van der Waals surface area contributed by atoms with Gasteiger partial charge in [0.25, 0.3) is 0 Å². The van der Waals surface area contributed by atoms with Gasteiger partial charge in [0.15, 0.2) is 0 Å². The Morgan fingerprint density at radius 3 is 1.45 bits per heavy atom. The molecule has 2 heterocycles. The molecular formula is C18H16N2S2. The van der Waals surface area contributed by atoms with Crippen LogP contribution >= 0.6 is 23.5 Å². The van der Waals surface area contributed by atoms with Crippen LogP contribution in [-0.2, 0) is 11.5 Å². The predicted octanol–water partition coefficient (Wildman–Crippen LogP) is 5.06. The average molecular weight is 324 g/mol. The monoisotopic (exact) mass is 324 g/mol. The van der Waals surface area contributed by atoms with Crippen molar-refractivity contribution in [3.63, 3.8) is 0 Å². The van der Waals surface area contributed by atoms with E-state index in [1.54, 1.807) is 23.5 Å². The van der Waals surface area contributed by atoms with Gasteiger partial charge in [-0.2, -0.15) is 0 Å². The van der Waals surface area contributed by atoms with E-state index in [2.05, 4.69) is 46.4 Å². The second kappa shape index (κ2) is 8.01. The minimum absolute atomic E-state index is 0.940. The summed E-state index contributed by atoms with van der Waals surface area (Å²) in [5, 5.41) is 2.13. The standard InChI is InChI=1S/C18H16N2S2/c1-2-8-16(14-22-18-10-4-6-12-20-18)15(7-1)13-21-17-9-3-5-11-19-17/h1-12H,13-14H2. The fourth-order valence-corrected chi connectivity index (χ4v) is 3.80. The molecule has 0 bridgehead atoms. The van der Waals surface area contributed by atoms with Crippen molar-refractivity contribution in [2.24, 2.45) is 0 Å². The van der Waals surface area contributed by atoms with Crippen molar-refractivity contribution in [2.75, 3.05) is 0 Å². The van der Waals surface area contributed by atoms with Gasteiger partial charge in [-0.25, -0.2) is 9.97 Å². The Morgan fingerprint density at radius 1 is 0.591 bits per heavy atom. The normalized spacial score (nSPS) is 10.5. The van der Waals surface area contributed by atoms with Crippen LogP contribution in [0.4, 0.5) is 0 Å². The Morgan fingerprint density at radius 2 is 1.05 bits per heavy atom. The number of benzene rings is 1. The minimum atomic E-state index is 0.940. The van der Waals surface area contributed by atoms with E-state index < -0.39 is 0 Å². The summed E-state index contributed by atoms with van der Waals surface area (Å²) in [5.41, 5.74) is 2.73. The summed E-state index contributed by atoms with van der Waals surface area (Å²) in [5.74, 6) is 1.88. The highest BCUT2D eigenvalue weighted by atomic mass is 32.2. The molecule has 0 amide bonds. The molecule has 3 rings (SSSR count). The summed E-state index contributed by atoms with van der Waals surface area (Å²) in [7, 11) is 0. The number of nitrogens with zero attached hydrogens (tertiary/aromatic N) is 2. The van der Waals surface area contributed by atoms with Crippen LogP contribution in [0.1, 0.15) is 11.1 Å². The van der Waals surface area contributed by atoms with E-state index in [1.165, 1.54) is 11.1 Å². The lowest BCUT2D eigenvalue weighted by Gasteiger charge is -2.08. The maximum Gasteiger partial charge on any atom is 0.0963 e. The zero-order valence-corrected chi connectivity index (χ0v) is 13.7. The Hall–Kier alpha value is -1.78. The summed E-state index contributed by atoms with van der Waals surface area (Å²) in [6.45, 7) is 0. The molecule has 1 aromatic carbocycles. The molecule has 0 aliphatic carbocycles. The van der Waals surface area contributed by atoms with E-state index in [0.717, 1.165) is 21.6 Å². The maximum atomic E-state index is 4.36. The van der Waals surface area contributed by atoms with E-state index in [-0.39, 0.29) is 0 Å². The van der Waals surface area contributed by atoms with Gasteiger partial charge < -0.3 is 0 Å². The summed E-state index contributed by atoms with van der Waals surface area (Å²) >= 11 is 3.55. The molecule has 0 saturated carbocycles. The molecule has 2 aromatic heterocycles. The first-order valence-corrected chi connectivity index (χ1v) is 9.03. The summed E-state index contributed by atoms with van der Waals surface area (Å²) < 4.78 is 0. The molecule has 0 fully saturated rings. The van der Waals surface area contributed by atoms with E-state index >= 15 is 0 Å². The number of hydrogen-bond donors (Lipinski definition) is 0. The van der Waals surface area contributed by atoms with Gasteiger partial charge in [-0.05, 0) is 35.4 Å². The lowest BCUT2D eigenvalue weighted by atomic mass is 10.1. The van der Waals surface area contributed by atoms with Crippen LogP contribution in [-0.4, -0.2) is 9.97 Å². The molecule has 0 N–H and O–H groups in total. The number of thioether (sulfide) groups is 2. The molecule has 0 unspecified atom stereocenters. The first-order valence-electron chi connectivity index (χ1n) is 7.06. The third kappa shape index (κ3) is 4.36. The molecular weight excluding hydrogens is 308 g/mol. The highest BCUT2D eigenvalue weighted by Gasteiger charge is 2.04. The van der Waals surface area contributed by atoms with Crippen molar-refractivity contribution in [2.45, 2.75) is 21.6 Å². The van der Waals surface area contributed by atoms with E-state index in [4.69, 9.17) is 0 Å². The molecule has 0 radical (unpaired) electrons. The quantitative estimate of drug-likeness (QED) is 0.592. The second-order valence-corrected chi connectivity index (χ2v) is 6.67. The van der Waals surface area contributed by atoms with E-state index in [0.29, 0.717) is 0 Å². The number of rotatable bonds is 6. The number of hydrogen-bond acceptors (Lipinski definition) is 4. The minimum Gasteiger partial charge on any atom is -0.250 e. The van der Waals surface area contributed by atoms with E-state index in [1.807, 2.05) is 36.7 Å². The van der Waals surface area contributed by atoms with Gasteiger partial charge in [0.05, 0.1) is 10.1 Å². The lowest BCUT2D eigenvalue weighted by Crippen LogP contribution is -1.91. The van der Waals surface area contributed by atoms with Crippen LogP contribution in [0.5, 0.6) is 0 Å². The van der Waals surface area contributed by atoms with Crippen LogP contribution in [0.2, 0.25) is 0 Å². The molecule has 0 aliphatic heterocycles. The molecule has 0 aliphatic rings. The fourth-order valence-electron chi connectivity index (χ4n) is 2.01. The largest absolute Gasteiger partial charge is 0.250 e. The van der Waals surface area contributed by atoms with Crippen LogP contribution in [0.25, 0.3) is 0 Å². The Bertz CT molecular complexity index is 640. The van der Waals surface area contributed by atoms with Gasteiger partial charge >= 0.3 is 0 Å². The summed E-state index contributed by atoms with van der Waals surface area (Å²) in [6.07, 6.45) is 3.68. The van der Waals surface area contributed by atoms with Crippen molar-refractivity contribution < 1.29 is 0 Å². The topological polar surface area (TPSA) is 25.8 Å². The van der Waals surface area contributed by atoms with Crippen molar-refractivity contribution in [1.29, 1.82) is 0 Å². The van der Waals surface area contributed by atoms with Crippen LogP contribution in [0.3, 0.4) is 0 Å². The Labute approximate surface area is 139 Å².